The highest BCUT2D eigenvalue weighted by atomic mass is 16.6. The quantitative estimate of drug-likeness (QED) is 0.859. The van der Waals surface area contributed by atoms with Gasteiger partial charge in [0.1, 0.15) is 6.61 Å². The molecule has 2 aromatic carbocycles. The Balaban J connectivity index is 1.40. The van der Waals surface area contributed by atoms with Crippen LogP contribution in [0.1, 0.15) is 48.3 Å². The molecule has 1 fully saturated rings. The maximum absolute atomic E-state index is 12.5. The topological polar surface area (TPSA) is 66.8 Å². The van der Waals surface area contributed by atoms with E-state index < -0.39 is 5.97 Å². The lowest BCUT2D eigenvalue weighted by molar-refractivity contribution is -0.137. The summed E-state index contributed by atoms with van der Waals surface area (Å²) >= 11 is 0. The smallest absolute Gasteiger partial charge is 0.410 e. The zero-order valence-corrected chi connectivity index (χ0v) is 15.8. The highest BCUT2D eigenvalue weighted by molar-refractivity contribution is 5.69. The van der Waals surface area contributed by atoms with Crippen LogP contribution in [0.2, 0.25) is 0 Å². The van der Waals surface area contributed by atoms with Gasteiger partial charge in [0.15, 0.2) is 0 Å². The van der Waals surface area contributed by atoms with Crippen molar-refractivity contribution >= 4 is 12.1 Å². The number of piperidine rings is 1. The minimum Gasteiger partial charge on any atom is -0.481 e. The van der Waals surface area contributed by atoms with E-state index in [2.05, 4.69) is 12.1 Å². The van der Waals surface area contributed by atoms with E-state index in [4.69, 9.17) is 4.74 Å². The third kappa shape index (κ3) is 3.61. The van der Waals surface area contributed by atoms with Gasteiger partial charge in [-0.2, -0.15) is 0 Å². The Bertz CT molecular complexity index is 856. The van der Waals surface area contributed by atoms with Crippen LogP contribution in [0.25, 0.3) is 0 Å². The van der Waals surface area contributed by atoms with Crippen LogP contribution in [0, 0.1) is 0 Å². The lowest BCUT2D eigenvalue weighted by atomic mass is 9.73. The molecule has 0 radical (unpaired) electrons. The molecule has 146 valence electrons. The number of rotatable bonds is 4. The van der Waals surface area contributed by atoms with Crippen LogP contribution in [-0.4, -0.2) is 35.2 Å². The number of carboxylic acids is 1. The molecule has 1 N–H and O–H groups in total. The number of aliphatic carboxylic acids is 1. The zero-order valence-electron chi connectivity index (χ0n) is 15.8. The first-order valence-electron chi connectivity index (χ1n) is 9.84. The van der Waals surface area contributed by atoms with E-state index in [0.29, 0.717) is 13.1 Å². The molecule has 1 unspecified atom stereocenters. The molecule has 2 aromatic rings. The van der Waals surface area contributed by atoms with E-state index in [9.17, 15) is 14.7 Å². The number of carbonyl (C=O) groups is 2. The van der Waals surface area contributed by atoms with E-state index in [0.717, 1.165) is 24.8 Å². The number of hydrogen-bond donors (Lipinski definition) is 1. The Morgan fingerprint density at radius 2 is 1.71 bits per heavy atom. The largest absolute Gasteiger partial charge is 0.481 e. The number of ether oxygens (including phenoxy) is 1. The van der Waals surface area contributed by atoms with Gasteiger partial charge in [0.25, 0.3) is 0 Å². The van der Waals surface area contributed by atoms with Crippen LogP contribution >= 0.6 is 0 Å². The van der Waals surface area contributed by atoms with Crippen molar-refractivity contribution in [3.05, 3.63) is 71.3 Å². The Hall–Kier alpha value is -2.82. The molecule has 1 saturated heterocycles. The average molecular weight is 379 g/mol. The summed E-state index contributed by atoms with van der Waals surface area (Å²) in [7, 11) is 0. The molecule has 1 amide bonds. The predicted octanol–water partition coefficient (Wildman–Crippen LogP) is 4.32. The molecular weight excluding hydrogens is 354 g/mol. The summed E-state index contributed by atoms with van der Waals surface area (Å²) in [6, 6.07) is 17.9. The van der Waals surface area contributed by atoms with Crippen LogP contribution in [0.15, 0.2) is 54.6 Å². The van der Waals surface area contributed by atoms with E-state index >= 15 is 0 Å². The van der Waals surface area contributed by atoms with E-state index in [1.807, 2.05) is 42.5 Å². The Kier molecular flexibility index (Phi) is 5.07. The number of hydrogen-bond acceptors (Lipinski definition) is 3. The molecule has 0 saturated carbocycles. The second-order valence-corrected chi connectivity index (χ2v) is 7.89. The number of carbonyl (C=O) groups excluding carboxylic acids is 1. The molecule has 1 aliphatic heterocycles. The normalized spacial score (nSPS) is 20.0. The number of carboxylic acid groups (broad SMARTS) is 1. The highest BCUT2D eigenvalue weighted by Crippen LogP contribution is 2.52. The fraction of sp³-hybridized carbons (Fsp3) is 0.391. The highest BCUT2D eigenvalue weighted by Gasteiger charge is 2.46. The molecule has 28 heavy (non-hydrogen) atoms. The summed E-state index contributed by atoms with van der Waals surface area (Å²) in [4.78, 5) is 25.5. The molecule has 0 aromatic heterocycles. The third-order valence-corrected chi connectivity index (χ3v) is 6.21. The second kappa shape index (κ2) is 7.66. The molecule has 5 heteroatoms. The zero-order chi connectivity index (χ0) is 19.6. The number of nitrogens with zero attached hydrogens (tertiary/aromatic N) is 1. The first kappa shape index (κ1) is 18.5. The average Bonchev–Trinajstić information content (AvgIpc) is 3.00. The van der Waals surface area contributed by atoms with Gasteiger partial charge < -0.3 is 14.7 Å². The lowest BCUT2D eigenvalue weighted by Gasteiger charge is -2.40. The minimum absolute atomic E-state index is 0.0209. The van der Waals surface area contributed by atoms with Gasteiger partial charge >= 0.3 is 12.1 Å². The van der Waals surface area contributed by atoms with Gasteiger partial charge in [-0.3, -0.25) is 4.79 Å². The SMILES string of the molecule is O=C(O)CC1CC2(CCN(C(=O)OCc3ccccc3)CC2)c2ccccc21. The summed E-state index contributed by atoms with van der Waals surface area (Å²) in [5, 5.41) is 9.28. The van der Waals surface area contributed by atoms with Gasteiger partial charge in [0.05, 0.1) is 6.42 Å². The molecule has 1 heterocycles. The maximum Gasteiger partial charge on any atom is 0.410 e. The number of benzene rings is 2. The second-order valence-electron chi connectivity index (χ2n) is 7.89. The number of amides is 1. The first-order valence-corrected chi connectivity index (χ1v) is 9.84. The molecule has 1 atom stereocenters. The Labute approximate surface area is 164 Å². The van der Waals surface area contributed by atoms with Crippen molar-refractivity contribution in [1.29, 1.82) is 0 Å². The van der Waals surface area contributed by atoms with Crippen LogP contribution < -0.4 is 0 Å². The van der Waals surface area contributed by atoms with Crippen LogP contribution in [0.5, 0.6) is 0 Å². The minimum atomic E-state index is -0.751. The molecular formula is C23H25NO4. The third-order valence-electron chi connectivity index (χ3n) is 6.21. The van der Waals surface area contributed by atoms with Gasteiger partial charge in [0, 0.05) is 13.1 Å². The summed E-state index contributed by atoms with van der Waals surface area (Å²) in [5.74, 6) is -0.691. The summed E-state index contributed by atoms with van der Waals surface area (Å²) in [6.07, 6.45) is 2.45. The Morgan fingerprint density at radius 1 is 1.04 bits per heavy atom. The molecule has 0 bridgehead atoms. The Morgan fingerprint density at radius 3 is 2.43 bits per heavy atom. The van der Waals surface area contributed by atoms with Gasteiger partial charge in [-0.05, 0) is 47.3 Å². The van der Waals surface area contributed by atoms with Crippen molar-refractivity contribution in [2.75, 3.05) is 13.1 Å². The van der Waals surface area contributed by atoms with Crippen molar-refractivity contribution in [1.82, 2.24) is 4.90 Å². The predicted molar refractivity (Wildman–Crippen MR) is 105 cm³/mol. The summed E-state index contributed by atoms with van der Waals surface area (Å²) < 4.78 is 5.47. The molecule has 2 aliphatic rings. The number of fused-ring (bicyclic) bond motifs is 2. The van der Waals surface area contributed by atoms with Crippen LogP contribution in [0.4, 0.5) is 4.79 Å². The standard InChI is InChI=1S/C23H25NO4/c25-21(26)14-18-15-23(20-9-5-4-8-19(18)20)10-12-24(13-11-23)22(27)28-16-17-6-2-1-3-7-17/h1-9,18H,10-16H2,(H,25,26). The monoisotopic (exact) mass is 379 g/mol. The molecule has 1 spiro atoms. The van der Waals surface area contributed by atoms with Gasteiger partial charge in [-0.15, -0.1) is 0 Å². The lowest BCUT2D eigenvalue weighted by Crippen LogP contribution is -2.44. The van der Waals surface area contributed by atoms with Crippen LogP contribution in [0.3, 0.4) is 0 Å². The van der Waals surface area contributed by atoms with Crippen molar-refractivity contribution in [2.24, 2.45) is 0 Å². The first-order chi connectivity index (χ1) is 13.6. The fourth-order valence-electron chi connectivity index (χ4n) is 4.82. The number of likely N-dealkylation sites (tertiary alicyclic amines) is 1. The van der Waals surface area contributed by atoms with Crippen molar-refractivity contribution in [2.45, 2.75) is 43.6 Å². The fourth-order valence-corrected chi connectivity index (χ4v) is 4.82. The van der Waals surface area contributed by atoms with Gasteiger partial charge in [-0.1, -0.05) is 54.6 Å². The van der Waals surface area contributed by atoms with Gasteiger partial charge in [0.2, 0.25) is 0 Å². The van der Waals surface area contributed by atoms with Crippen LogP contribution in [-0.2, 0) is 21.6 Å². The summed E-state index contributed by atoms with van der Waals surface area (Å²) in [6.45, 7) is 1.56. The van der Waals surface area contributed by atoms with Gasteiger partial charge in [-0.25, -0.2) is 4.79 Å². The van der Waals surface area contributed by atoms with Crippen molar-refractivity contribution in [3.8, 4) is 0 Å². The van der Waals surface area contributed by atoms with E-state index in [-0.39, 0.29) is 30.5 Å². The van der Waals surface area contributed by atoms with E-state index in [1.165, 1.54) is 11.1 Å². The molecule has 1 aliphatic carbocycles. The van der Waals surface area contributed by atoms with Crippen molar-refractivity contribution in [3.63, 3.8) is 0 Å². The van der Waals surface area contributed by atoms with Crippen molar-refractivity contribution < 1.29 is 19.4 Å². The summed E-state index contributed by atoms with van der Waals surface area (Å²) in [5.41, 5.74) is 3.40. The van der Waals surface area contributed by atoms with E-state index in [1.54, 1.807) is 4.90 Å². The molecule has 5 nitrogen and oxygen atoms in total. The molecule has 4 rings (SSSR count). The maximum atomic E-state index is 12.5.